The predicted octanol–water partition coefficient (Wildman–Crippen LogP) is 5.39. The van der Waals surface area contributed by atoms with E-state index in [1.165, 1.54) is 12.3 Å². The van der Waals surface area contributed by atoms with Gasteiger partial charge in [-0.05, 0) is 72.9 Å². The van der Waals surface area contributed by atoms with Gasteiger partial charge in [0.2, 0.25) is 0 Å². The van der Waals surface area contributed by atoms with Crippen molar-refractivity contribution in [2.24, 2.45) is 0 Å². The van der Waals surface area contributed by atoms with Gasteiger partial charge in [0.25, 0.3) is 0 Å². The Bertz CT molecular complexity index is 1540. The molecule has 0 amide bonds. The average molecular weight is 571 g/mol. The zero-order valence-electron chi connectivity index (χ0n) is 22.5. The molecule has 0 bridgehead atoms. The summed E-state index contributed by atoms with van der Waals surface area (Å²) in [5.74, 6) is 0.587. The van der Waals surface area contributed by atoms with Crippen LogP contribution < -0.4 is 18.9 Å². The molecule has 0 fully saturated rings. The maximum Gasteiger partial charge on any atom is 0.304 e. The summed E-state index contributed by atoms with van der Waals surface area (Å²) in [5.41, 5.74) is 4.75. The van der Waals surface area contributed by atoms with Crippen molar-refractivity contribution in [3.05, 3.63) is 70.5 Å². The van der Waals surface area contributed by atoms with E-state index in [1.54, 1.807) is 24.3 Å². The molecule has 0 aliphatic carbocycles. The fourth-order valence-electron chi connectivity index (χ4n) is 5.29. The van der Waals surface area contributed by atoms with Crippen LogP contribution in [-0.2, 0) is 14.6 Å². The van der Waals surface area contributed by atoms with E-state index in [-0.39, 0.29) is 31.3 Å². The second kappa shape index (κ2) is 11.0. The summed E-state index contributed by atoms with van der Waals surface area (Å²) in [4.78, 5) is 11.2. The maximum absolute atomic E-state index is 15.1. The predicted molar refractivity (Wildman–Crippen MR) is 147 cm³/mol. The van der Waals surface area contributed by atoms with Crippen LogP contribution in [0.25, 0.3) is 11.1 Å². The second-order valence-electron chi connectivity index (χ2n) is 10.4. The zero-order valence-corrected chi connectivity index (χ0v) is 23.3. The lowest BCUT2D eigenvalue weighted by Gasteiger charge is -2.28. The van der Waals surface area contributed by atoms with E-state index in [9.17, 15) is 18.3 Å². The van der Waals surface area contributed by atoms with Gasteiger partial charge in [0.15, 0.2) is 17.6 Å². The highest BCUT2D eigenvalue weighted by molar-refractivity contribution is 7.90. The molecule has 40 heavy (non-hydrogen) atoms. The SMILES string of the molecule is Cc1cc(OCCCS(C)(=O)=O)cc(C)c1-c1ccc(F)c([C@@H]2COc3cc4c(cc3O2)OC[C@H]4CC(=O)O)c1. The topological polar surface area (TPSA) is 108 Å². The minimum atomic E-state index is -3.04. The first-order valence-corrected chi connectivity index (χ1v) is 15.1. The highest BCUT2D eigenvalue weighted by atomic mass is 32.2. The number of carboxylic acid groups (broad SMARTS) is 1. The standard InChI is InChI=1S/C30H31FO8S/c1-17-9-21(36-7-4-8-40(3,34)35)10-18(2)30(17)19-5-6-24(31)23(11-19)28-16-38-26-13-22-20(12-29(32)33)15-37-25(22)14-27(26)39-28/h5-6,9-11,13-14,20,28H,4,7-8,12,15-16H2,1-3H3,(H,32,33)/t20-,28+/m1/s1. The zero-order chi connectivity index (χ0) is 28.6. The Morgan fingerprint density at radius 2 is 1.73 bits per heavy atom. The van der Waals surface area contributed by atoms with Gasteiger partial charge in [0.1, 0.15) is 33.8 Å². The molecule has 3 aromatic rings. The molecule has 0 spiro atoms. The van der Waals surface area contributed by atoms with Crippen LogP contribution in [0.1, 0.15) is 47.1 Å². The summed E-state index contributed by atoms with van der Waals surface area (Å²) in [6, 6.07) is 12.1. The fourth-order valence-corrected chi connectivity index (χ4v) is 5.93. The van der Waals surface area contributed by atoms with Gasteiger partial charge in [-0.25, -0.2) is 12.8 Å². The molecule has 5 rings (SSSR count). The van der Waals surface area contributed by atoms with E-state index in [0.717, 1.165) is 27.8 Å². The molecule has 0 radical (unpaired) electrons. The third kappa shape index (κ3) is 6.01. The quantitative estimate of drug-likeness (QED) is 0.342. The molecule has 0 saturated heterocycles. The minimum absolute atomic E-state index is 0.0393. The van der Waals surface area contributed by atoms with Crippen molar-refractivity contribution < 1.29 is 41.7 Å². The lowest BCUT2D eigenvalue weighted by atomic mass is 9.93. The number of aryl methyl sites for hydroxylation is 2. The number of aliphatic carboxylic acids is 1. The number of rotatable bonds is 9. The Balaban J connectivity index is 1.35. The van der Waals surface area contributed by atoms with Crippen molar-refractivity contribution in [3.8, 4) is 34.1 Å². The molecule has 1 N–H and O–H groups in total. The normalized spacial score (nSPS) is 17.7. The summed E-state index contributed by atoms with van der Waals surface area (Å²) in [7, 11) is -3.04. The van der Waals surface area contributed by atoms with Crippen LogP contribution in [0, 0.1) is 19.7 Å². The highest BCUT2D eigenvalue weighted by Gasteiger charge is 2.32. The first-order chi connectivity index (χ1) is 19.0. The molecule has 2 aliphatic heterocycles. The molecule has 0 saturated carbocycles. The molecule has 2 aliphatic rings. The van der Waals surface area contributed by atoms with Crippen LogP contribution in [-0.4, -0.2) is 51.3 Å². The van der Waals surface area contributed by atoms with Gasteiger partial charge >= 0.3 is 5.97 Å². The van der Waals surface area contributed by atoms with Gasteiger partial charge in [-0.2, -0.15) is 0 Å². The molecular formula is C30H31FO8S. The Labute approximate surface area is 232 Å². The second-order valence-corrected chi connectivity index (χ2v) is 12.6. The van der Waals surface area contributed by atoms with Gasteiger partial charge < -0.3 is 24.1 Å². The summed E-state index contributed by atoms with van der Waals surface area (Å²) in [6.45, 7) is 4.55. The van der Waals surface area contributed by atoms with Crippen LogP contribution in [0.3, 0.4) is 0 Å². The molecule has 0 unspecified atom stereocenters. The number of hydrogen-bond acceptors (Lipinski definition) is 7. The van der Waals surface area contributed by atoms with Gasteiger partial charge in [-0.3, -0.25) is 4.79 Å². The van der Waals surface area contributed by atoms with Gasteiger partial charge in [-0.15, -0.1) is 0 Å². The number of carbonyl (C=O) groups is 1. The lowest BCUT2D eigenvalue weighted by Crippen LogP contribution is -2.22. The number of carboxylic acids is 1. The number of fused-ring (bicyclic) bond motifs is 2. The van der Waals surface area contributed by atoms with Crippen LogP contribution in [0.2, 0.25) is 0 Å². The average Bonchev–Trinajstić information content (AvgIpc) is 3.25. The largest absolute Gasteiger partial charge is 0.494 e. The molecule has 2 atom stereocenters. The van der Waals surface area contributed by atoms with Crippen molar-refractivity contribution in [2.45, 2.75) is 38.7 Å². The smallest absolute Gasteiger partial charge is 0.304 e. The molecule has 212 valence electrons. The Morgan fingerprint density at radius 3 is 2.42 bits per heavy atom. The van der Waals surface area contributed by atoms with Crippen LogP contribution >= 0.6 is 0 Å². The maximum atomic E-state index is 15.1. The fraction of sp³-hybridized carbons (Fsp3) is 0.367. The van der Waals surface area contributed by atoms with Gasteiger partial charge in [0.05, 0.1) is 25.4 Å². The molecule has 2 heterocycles. The first-order valence-electron chi connectivity index (χ1n) is 13.0. The van der Waals surface area contributed by atoms with E-state index in [2.05, 4.69) is 0 Å². The third-order valence-corrected chi connectivity index (χ3v) is 8.13. The third-order valence-electron chi connectivity index (χ3n) is 7.10. The number of ether oxygens (including phenoxy) is 4. The molecule has 8 nitrogen and oxygen atoms in total. The number of sulfone groups is 1. The Hall–Kier alpha value is -3.79. The van der Waals surface area contributed by atoms with Crippen LogP contribution in [0.4, 0.5) is 4.39 Å². The number of halogens is 1. The van der Waals surface area contributed by atoms with E-state index in [4.69, 9.17) is 18.9 Å². The van der Waals surface area contributed by atoms with E-state index in [0.29, 0.717) is 41.6 Å². The summed E-state index contributed by atoms with van der Waals surface area (Å²) in [5, 5.41) is 9.17. The number of benzene rings is 3. The van der Waals surface area contributed by atoms with Gasteiger partial charge in [0, 0.05) is 29.4 Å². The van der Waals surface area contributed by atoms with Crippen molar-refractivity contribution in [1.29, 1.82) is 0 Å². The summed E-state index contributed by atoms with van der Waals surface area (Å²) in [6.07, 6.45) is 0.877. The minimum Gasteiger partial charge on any atom is -0.494 e. The van der Waals surface area contributed by atoms with Gasteiger partial charge in [-0.1, -0.05) is 6.07 Å². The number of hydrogen-bond donors (Lipinski definition) is 1. The molecule has 3 aromatic carbocycles. The van der Waals surface area contributed by atoms with Crippen molar-refractivity contribution in [2.75, 3.05) is 31.8 Å². The molecule has 10 heteroatoms. The van der Waals surface area contributed by atoms with E-state index >= 15 is 4.39 Å². The highest BCUT2D eigenvalue weighted by Crippen LogP contribution is 2.46. The van der Waals surface area contributed by atoms with Crippen molar-refractivity contribution in [1.82, 2.24) is 0 Å². The Morgan fingerprint density at radius 1 is 1.00 bits per heavy atom. The molecular weight excluding hydrogens is 539 g/mol. The summed E-state index contributed by atoms with van der Waals surface area (Å²) >= 11 is 0. The van der Waals surface area contributed by atoms with Crippen molar-refractivity contribution >= 4 is 15.8 Å². The van der Waals surface area contributed by atoms with E-state index in [1.807, 2.05) is 26.0 Å². The first kappa shape index (κ1) is 27.8. The summed E-state index contributed by atoms with van der Waals surface area (Å²) < 4.78 is 61.4. The molecule has 0 aromatic heterocycles. The van der Waals surface area contributed by atoms with Crippen molar-refractivity contribution in [3.63, 3.8) is 0 Å². The Kier molecular flexibility index (Phi) is 7.63. The lowest BCUT2D eigenvalue weighted by molar-refractivity contribution is -0.137. The monoisotopic (exact) mass is 570 g/mol. The van der Waals surface area contributed by atoms with Crippen LogP contribution in [0.5, 0.6) is 23.0 Å². The van der Waals surface area contributed by atoms with E-state index < -0.39 is 27.7 Å². The van der Waals surface area contributed by atoms with Crippen LogP contribution in [0.15, 0.2) is 42.5 Å².